The summed E-state index contributed by atoms with van der Waals surface area (Å²) >= 11 is 6.43. The van der Waals surface area contributed by atoms with Crippen LogP contribution in [0.25, 0.3) is 22.3 Å². The SMILES string of the molecule is C[C@@H]1COc2c(-c3nc(N[C@@H]4CCN(S(C)(=O)=O)C[C@H]4O)ncc3Cl)cc(F)c3nc([C@@H](C)O)n1c23. The molecule has 0 unspecified atom stereocenters. The molecule has 0 radical (unpaired) electrons. The average Bonchev–Trinajstić information content (AvgIpc) is 3.22. The fraction of sp³-hybridized carbons (Fsp3) is 0.500. The highest BCUT2D eigenvalue weighted by atomic mass is 35.5. The normalized spacial score (nSPS) is 23.5. The molecule has 0 amide bonds. The van der Waals surface area contributed by atoms with Gasteiger partial charge >= 0.3 is 0 Å². The Bertz CT molecular complexity index is 1450. The highest BCUT2D eigenvalue weighted by molar-refractivity contribution is 7.88. The van der Waals surface area contributed by atoms with Crippen LogP contribution in [0, 0.1) is 5.82 Å². The van der Waals surface area contributed by atoms with Crippen LogP contribution in [0.3, 0.4) is 0 Å². The lowest BCUT2D eigenvalue weighted by molar-refractivity contribution is 0.0950. The van der Waals surface area contributed by atoms with Gasteiger partial charge in [-0.1, -0.05) is 11.6 Å². The molecule has 5 rings (SSSR count). The minimum atomic E-state index is -3.41. The Hall–Kier alpha value is -2.58. The topological polar surface area (TPSA) is 143 Å². The molecule has 2 aliphatic rings. The molecule has 4 heterocycles. The minimum Gasteiger partial charge on any atom is -0.488 e. The number of hydrogen-bond acceptors (Lipinski definition) is 9. The predicted octanol–water partition coefficient (Wildman–Crippen LogP) is 2.10. The molecular formula is C22H26ClFN6O5S. The summed E-state index contributed by atoms with van der Waals surface area (Å²) in [5.41, 5.74) is 1.01. The Morgan fingerprint density at radius 2 is 2.11 bits per heavy atom. The van der Waals surface area contributed by atoms with E-state index in [1.807, 2.05) is 6.92 Å². The van der Waals surface area contributed by atoms with Crippen molar-refractivity contribution in [3.05, 3.63) is 28.9 Å². The third-order valence-corrected chi connectivity index (χ3v) is 8.05. The molecule has 3 aromatic rings. The smallest absolute Gasteiger partial charge is 0.223 e. The van der Waals surface area contributed by atoms with Gasteiger partial charge in [0.2, 0.25) is 16.0 Å². The number of halogens is 2. The van der Waals surface area contributed by atoms with E-state index in [9.17, 15) is 18.6 Å². The van der Waals surface area contributed by atoms with Gasteiger partial charge in [0.15, 0.2) is 11.6 Å². The second-order valence-corrected chi connectivity index (χ2v) is 11.6. The summed E-state index contributed by atoms with van der Waals surface area (Å²) in [6, 6.07) is 0.565. The van der Waals surface area contributed by atoms with Crippen molar-refractivity contribution < 1.29 is 27.8 Å². The monoisotopic (exact) mass is 540 g/mol. The number of ether oxygens (including phenoxy) is 1. The van der Waals surface area contributed by atoms with Gasteiger partial charge in [0, 0.05) is 18.7 Å². The van der Waals surface area contributed by atoms with Crippen molar-refractivity contribution >= 4 is 38.6 Å². The van der Waals surface area contributed by atoms with Gasteiger partial charge in [0.25, 0.3) is 0 Å². The van der Waals surface area contributed by atoms with Crippen LogP contribution in [0.15, 0.2) is 12.3 Å². The molecule has 3 N–H and O–H groups in total. The Morgan fingerprint density at radius 3 is 2.78 bits per heavy atom. The number of benzene rings is 1. The number of piperidine rings is 1. The van der Waals surface area contributed by atoms with Crippen molar-refractivity contribution in [2.24, 2.45) is 0 Å². The fourth-order valence-corrected chi connectivity index (χ4v) is 5.78. The van der Waals surface area contributed by atoms with Crippen molar-refractivity contribution in [3.8, 4) is 17.0 Å². The number of aliphatic hydroxyl groups excluding tert-OH is 2. The van der Waals surface area contributed by atoms with Gasteiger partial charge in [-0.15, -0.1) is 0 Å². The number of nitrogens with zero attached hydrogens (tertiary/aromatic N) is 5. The van der Waals surface area contributed by atoms with Crippen molar-refractivity contribution in [1.29, 1.82) is 0 Å². The number of hydrogen-bond donors (Lipinski definition) is 3. The molecule has 1 aromatic carbocycles. The molecule has 2 aromatic heterocycles. The van der Waals surface area contributed by atoms with Crippen LogP contribution in [0.2, 0.25) is 5.02 Å². The molecule has 1 fully saturated rings. The number of aliphatic hydroxyl groups is 2. The van der Waals surface area contributed by atoms with E-state index in [4.69, 9.17) is 16.3 Å². The number of imidazole rings is 1. The maximum Gasteiger partial charge on any atom is 0.223 e. The van der Waals surface area contributed by atoms with E-state index >= 15 is 4.39 Å². The third-order valence-electron chi connectivity index (χ3n) is 6.51. The molecule has 0 saturated carbocycles. The van der Waals surface area contributed by atoms with E-state index in [0.29, 0.717) is 29.1 Å². The standard InChI is InChI=1S/C22H26ClFN6O5S/c1-10-9-35-20-12(6-14(24)18-19(20)30(10)21(27-18)11(2)31)17-13(23)7-25-22(28-17)26-15-4-5-29(8-16(15)32)36(3,33)34/h6-7,10-11,15-16,31-32H,4-5,8-9H2,1-3H3,(H,25,26,28)/t10-,11-,15-,16-/m1/s1. The third kappa shape index (κ3) is 4.28. The van der Waals surface area contributed by atoms with E-state index in [1.54, 1.807) is 11.5 Å². The minimum absolute atomic E-state index is 0.0510. The highest BCUT2D eigenvalue weighted by Crippen LogP contribution is 2.44. The summed E-state index contributed by atoms with van der Waals surface area (Å²) in [6.45, 7) is 3.92. The maximum absolute atomic E-state index is 15.2. The lowest BCUT2D eigenvalue weighted by Crippen LogP contribution is -2.51. The zero-order valence-corrected chi connectivity index (χ0v) is 21.4. The second-order valence-electron chi connectivity index (χ2n) is 9.23. The van der Waals surface area contributed by atoms with Gasteiger partial charge in [-0.25, -0.2) is 27.8 Å². The largest absolute Gasteiger partial charge is 0.488 e. The van der Waals surface area contributed by atoms with E-state index in [2.05, 4.69) is 20.3 Å². The maximum atomic E-state index is 15.2. The number of aromatic nitrogens is 4. The first-order valence-electron chi connectivity index (χ1n) is 11.4. The van der Waals surface area contributed by atoms with Crippen LogP contribution < -0.4 is 10.1 Å². The lowest BCUT2D eigenvalue weighted by Gasteiger charge is -2.34. The Labute approximate surface area is 211 Å². The number of nitrogens with one attached hydrogen (secondary N) is 1. The molecule has 194 valence electrons. The summed E-state index contributed by atoms with van der Waals surface area (Å²) < 4.78 is 47.8. The Balaban J connectivity index is 1.53. The first kappa shape index (κ1) is 25.1. The number of β-amino-alcohol motifs (C(OH)–C–C–N with tert-alkyl or cyclic N) is 1. The first-order chi connectivity index (χ1) is 17.0. The molecule has 11 nitrogen and oxygen atoms in total. The molecule has 36 heavy (non-hydrogen) atoms. The van der Waals surface area contributed by atoms with E-state index in [0.717, 1.165) is 6.26 Å². The molecule has 0 bridgehead atoms. The van der Waals surface area contributed by atoms with Gasteiger partial charge in [-0.2, -0.15) is 4.31 Å². The fourth-order valence-electron chi connectivity index (χ4n) is 4.73. The summed E-state index contributed by atoms with van der Waals surface area (Å²) in [4.78, 5) is 13.0. The number of anilines is 1. The number of rotatable bonds is 5. The van der Waals surface area contributed by atoms with Crippen molar-refractivity contribution in [2.45, 2.75) is 44.6 Å². The highest BCUT2D eigenvalue weighted by Gasteiger charge is 2.34. The van der Waals surface area contributed by atoms with Gasteiger partial charge in [-0.05, 0) is 26.3 Å². The molecule has 0 spiro atoms. The first-order valence-corrected chi connectivity index (χ1v) is 13.7. The molecule has 4 atom stereocenters. The van der Waals surface area contributed by atoms with Crippen LogP contribution in [-0.2, 0) is 10.0 Å². The summed E-state index contributed by atoms with van der Waals surface area (Å²) in [5.74, 6) is 0.205. The molecule has 0 aliphatic carbocycles. The van der Waals surface area contributed by atoms with E-state index in [-0.39, 0.29) is 47.9 Å². The van der Waals surface area contributed by atoms with Crippen molar-refractivity contribution in [1.82, 2.24) is 23.8 Å². The van der Waals surface area contributed by atoms with Crippen LogP contribution in [0.4, 0.5) is 10.3 Å². The average molecular weight is 541 g/mol. The lowest BCUT2D eigenvalue weighted by atomic mass is 10.0. The van der Waals surface area contributed by atoms with Crippen molar-refractivity contribution in [2.75, 3.05) is 31.3 Å². The molecule has 2 aliphatic heterocycles. The summed E-state index contributed by atoms with van der Waals surface area (Å²) in [5, 5.41) is 23.9. The summed E-state index contributed by atoms with van der Waals surface area (Å²) in [6.07, 6.45) is 0.910. The van der Waals surface area contributed by atoms with Gasteiger partial charge in [0.05, 0.1) is 41.4 Å². The number of sulfonamides is 1. The van der Waals surface area contributed by atoms with E-state index in [1.165, 1.54) is 16.6 Å². The van der Waals surface area contributed by atoms with Crippen LogP contribution in [0.1, 0.15) is 38.2 Å². The van der Waals surface area contributed by atoms with Crippen LogP contribution in [-0.4, -0.2) is 80.6 Å². The van der Waals surface area contributed by atoms with Gasteiger partial charge < -0.3 is 24.8 Å². The zero-order valence-electron chi connectivity index (χ0n) is 19.8. The van der Waals surface area contributed by atoms with Crippen molar-refractivity contribution in [3.63, 3.8) is 0 Å². The van der Waals surface area contributed by atoms with Crippen LogP contribution in [0.5, 0.6) is 5.75 Å². The molecule has 14 heteroatoms. The Kier molecular flexibility index (Phi) is 6.32. The molecular weight excluding hydrogens is 515 g/mol. The molecule has 1 saturated heterocycles. The van der Waals surface area contributed by atoms with Gasteiger partial charge in [0.1, 0.15) is 29.6 Å². The van der Waals surface area contributed by atoms with Crippen LogP contribution >= 0.6 is 11.6 Å². The van der Waals surface area contributed by atoms with E-state index < -0.39 is 34.1 Å². The second kappa shape index (κ2) is 9.06. The van der Waals surface area contributed by atoms with Gasteiger partial charge in [-0.3, -0.25) is 0 Å². The quantitative estimate of drug-likeness (QED) is 0.443. The predicted molar refractivity (Wildman–Crippen MR) is 131 cm³/mol. The zero-order chi connectivity index (χ0) is 25.9. The summed E-state index contributed by atoms with van der Waals surface area (Å²) in [7, 11) is -3.41. The Morgan fingerprint density at radius 1 is 1.36 bits per heavy atom.